The molecular formula is C60H68N16O12. The standard InChI is InChI=1S/C60H68N16O12/c1-69(2)20-10-16-61-55(81)46-28-40(33-71(46)5)67-57(83)48-26-38(31-73(48)7)65-50(77)14-18-63-53(79)36-22-37(25-42(24-36)75-59(85)44-13-9-12-35-23-43(76(87)88)30-45(52(35)44)60(75)86)54(80)64-19-15-51(78)66-39-27-49(74(8)32-39)58(84)68-41-29-47(72(6)34-41)56(82)62-17-11-21-70(3)4/h9,12-13,22-34H,10-11,14-21H2,1-8H3,(H,61,81)(H,62,82)(H,63,79)(H,64,80)(H,65,77)(H,66,78)(H,67,83)(H,68,84). The Labute approximate surface area is 504 Å². The number of carbonyl (C=O) groups is 10. The minimum atomic E-state index is -0.974. The molecule has 460 valence electrons. The monoisotopic (exact) mass is 1200 g/mol. The fraction of sp³-hybridized carbons (Fsp3) is 0.300. The topological polar surface area (TPSA) is 340 Å². The maximum Gasteiger partial charge on any atom is 0.272 e. The molecule has 3 aromatic carbocycles. The number of nitro groups is 1. The van der Waals surface area contributed by atoms with Gasteiger partial charge in [0.2, 0.25) is 11.8 Å². The van der Waals surface area contributed by atoms with Crippen LogP contribution in [0.2, 0.25) is 0 Å². The van der Waals surface area contributed by atoms with E-state index < -0.39 is 57.9 Å². The van der Waals surface area contributed by atoms with Gasteiger partial charge in [0.25, 0.3) is 52.9 Å². The van der Waals surface area contributed by atoms with Gasteiger partial charge in [0.05, 0.1) is 38.9 Å². The van der Waals surface area contributed by atoms with Crippen LogP contribution in [0.3, 0.4) is 0 Å². The molecule has 0 saturated heterocycles. The van der Waals surface area contributed by atoms with Gasteiger partial charge in [-0.05, 0) is 108 Å². The average molecular weight is 1210 g/mol. The number of nitrogens with one attached hydrogen (secondary N) is 8. The first-order valence-electron chi connectivity index (χ1n) is 27.9. The number of hydrogen-bond donors (Lipinski definition) is 8. The van der Waals surface area contributed by atoms with Crippen LogP contribution in [-0.4, -0.2) is 160 Å². The van der Waals surface area contributed by atoms with Crippen molar-refractivity contribution in [1.82, 2.24) is 49.3 Å². The van der Waals surface area contributed by atoms with Gasteiger partial charge in [-0.25, -0.2) is 4.90 Å². The van der Waals surface area contributed by atoms with Crippen LogP contribution in [0.1, 0.15) is 109 Å². The minimum absolute atomic E-state index is 0.0210. The van der Waals surface area contributed by atoms with Crippen molar-refractivity contribution in [3.63, 3.8) is 0 Å². The summed E-state index contributed by atoms with van der Waals surface area (Å²) in [5.41, 5.74) is 1.00. The molecule has 28 heteroatoms. The molecule has 28 nitrogen and oxygen atoms in total. The third-order valence-electron chi connectivity index (χ3n) is 14.2. The normalized spacial score (nSPS) is 11.9. The first-order chi connectivity index (χ1) is 41.8. The molecule has 0 bridgehead atoms. The highest BCUT2D eigenvalue weighted by Gasteiger charge is 2.36. The fourth-order valence-electron chi connectivity index (χ4n) is 9.87. The highest BCUT2D eigenvalue weighted by Crippen LogP contribution is 2.36. The number of aromatic nitrogens is 4. The Morgan fingerprint density at radius 2 is 0.875 bits per heavy atom. The van der Waals surface area contributed by atoms with E-state index in [0.29, 0.717) is 40.8 Å². The zero-order valence-corrected chi connectivity index (χ0v) is 49.8. The lowest BCUT2D eigenvalue weighted by Gasteiger charge is -2.27. The number of aryl methyl sites for hydroxylation is 4. The van der Waals surface area contributed by atoms with E-state index in [1.54, 1.807) is 61.9 Å². The summed E-state index contributed by atoms with van der Waals surface area (Å²) in [6.07, 6.45) is 7.17. The molecule has 1 aliphatic heterocycles. The van der Waals surface area contributed by atoms with Crippen molar-refractivity contribution < 1.29 is 52.9 Å². The molecule has 0 atom stereocenters. The summed E-state index contributed by atoms with van der Waals surface area (Å²) in [6.45, 7) is 2.03. The molecule has 5 heterocycles. The molecule has 88 heavy (non-hydrogen) atoms. The molecule has 1 aliphatic rings. The van der Waals surface area contributed by atoms with Crippen molar-refractivity contribution in [2.24, 2.45) is 28.2 Å². The highest BCUT2D eigenvalue weighted by atomic mass is 16.6. The van der Waals surface area contributed by atoms with E-state index in [9.17, 15) is 58.1 Å². The van der Waals surface area contributed by atoms with Crippen LogP contribution in [0.5, 0.6) is 0 Å². The Balaban J connectivity index is 0.909. The smallest absolute Gasteiger partial charge is 0.272 e. The lowest BCUT2D eigenvalue weighted by atomic mass is 9.92. The van der Waals surface area contributed by atoms with Crippen molar-refractivity contribution in [1.29, 1.82) is 0 Å². The number of nitrogens with zero attached hydrogens (tertiary/aromatic N) is 8. The van der Waals surface area contributed by atoms with Crippen LogP contribution < -0.4 is 47.4 Å². The Kier molecular flexibility index (Phi) is 19.8. The fourth-order valence-corrected chi connectivity index (χ4v) is 9.87. The molecule has 0 fully saturated rings. The van der Waals surface area contributed by atoms with E-state index in [2.05, 4.69) is 42.5 Å². The zero-order valence-electron chi connectivity index (χ0n) is 49.8. The summed E-state index contributed by atoms with van der Waals surface area (Å²) < 4.78 is 6.17. The maximum atomic E-state index is 14.3. The Bertz CT molecular complexity index is 3760. The van der Waals surface area contributed by atoms with Crippen molar-refractivity contribution in [3.8, 4) is 0 Å². The molecule has 0 unspecified atom stereocenters. The quantitative estimate of drug-likeness (QED) is 0.0162. The summed E-state index contributed by atoms with van der Waals surface area (Å²) in [5, 5.41) is 34.3. The number of amides is 10. The molecule has 10 amide bonds. The van der Waals surface area contributed by atoms with Gasteiger partial charge in [0.1, 0.15) is 22.8 Å². The second kappa shape index (κ2) is 27.5. The molecular weight excluding hydrogens is 1140 g/mol. The van der Waals surface area contributed by atoms with Crippen LogP contribution >= 0.6 is 0 Å². The summed E-state index contributed by atoms with van der Waals surface area (Å²) in [6, 6.07) is 16.2. The summed E-state index contributed by atoms with van der Waals surface area (Å²) >= 11 is 0. The number of hydrogen-bond acceptors (Lipinski definition) is 14. The SMILES string of the molecule is CN(C)CCCNC(=O)c1cc(NC(=O)c2cc(NC(=O)CCNC(=O)c3cc(C(=O)NCCC(=O)Nc4cc(C(=O)Nc5cc(C(=O)NCCCN(C)C)n(C)c5)n(C)c4)cc(N4C(=O)c5cccc6cc([N+](=O)[O-])cc(c56)C4=O)c3)cn2C)cn1C. The van der Waals surface area contributed by atoms with Gasteiger partial charge in [-0.15, -0.1) is 0 Å². The van der Waals surface area contributed by atoms with Gasteiger partial charge in [0.15, 0.2) is 0 Å². The Hall–Kier alpha value is -10.7. The van der Waals surface area contributed by atoms with E-state index in [-0.39, 0.29) is 99.2 Å². The molecule has 8 rings (SSSR count). The first-order valence-corrected chi connectivity index (χ1v) is 27.9. The van der Waals surface area contributed by atoms with Crippen molar-refractivity contribution in [3.05, 3.63) is 153 Å². The minimum Gasteiger partial charge on any atom is -0.352 e. The number of anilines is 5. The van der Waals surface area contributed by atoms with Gasteiger partial charge in [0, 0.05) is 126 Å². The maximum absolute atomic E-state index is 14.3. The Morgan fingerprint density at radius 3 is 1.30 bits per heavy atom. The van der Waals surface area contributed by atoms with Gasteiger partial charge >= 0.3 is 0 Å². The van der Waals surface area contributed by atoms with E-state index in [0.717, 1.165) is 32.0 Å². The molecule has 0 spiro atoms. The number of non-ortho nitro benzene ring substituents is 1. The van der Waals surface area contributed by atoms with Crippen LogP contribution in [0.15, 0.2) is 97.6 Å². The highest BCUT2D eigenvalue weighted by molar-refractivity contribution is 6.36. The molecule has 0 saturated carbocycles. The molecule has 0 radical (unpaired) electrons. The largest absolute Gasteiger partial charge is 0.352 e. The van der Waals surface area contributed by atoms with Gasteiger partial charge < -0.3 is 70.6 Å². The van der Waals surface area contributed by atoms with Crippen LogP contribution in [0.25, 0.3) is 10.8 Å². The Morgan fingerprint density at radius 1 is 0.477 bits per heavy atom. The second-order valence-electron chi connectivity index (χ2n) is 21.6. The van der Waals surface area contributed by atoms with Crippen molar-refractivity contribution in [2.75, 3.05) is 93.6 Å². The number of carbonyl (C=O) groups excluding carboxylic acids is 10. The lowest BCUT2D eigenvalue weighted by Crippen LogP contribution is -2.41. The third kappa shape index (κ3) is 15.2. The van der Waals surface area contributed by atoms with Gasteiger partial charge in [-0.2, -0.15) is 0 Å². The molecule has 0 aliphatic carbocycles. The van der Waals surface area contributed by atoms with Gasteiger partial charge in [-0.3, -0.25) is 58.1 Å². The summed E-state index contributed by atoms with van der Waals surface area (Å²) in [7, 11) is 14.3. The predicted octanol–water partition coefficient (Wildman–Crippen LogP) is 4.29. The van der Waals surface area contributed by atoms with Crippen molar-refractivity contribution >= 4 is 104 Å². The van der Waals surface area contributed by atoms with Crippen LogP contribution in [0.4, 0.5) is 34.1 Å². The lowest BCUT2D eigenvalue weighted by molar-refractivity contribution is -0.384. The molecule has 7 aromatic rings. The second-order valence-corrected chi connectivity index (χ2v) is 21.6. The van der Waals surface area contributed by atoms with Crippen LogP contribution in [0, 0.1) is 10.1 Å². The zero-order chi connectivity index (χ0) is 63.7. The number of nitro benzene ring substituents is 1. The first kappa shape index (κ1) is 63.3. The predicted molar refractivity (Wildman–Crippen MR) is 328 cm³/mol. The summed E-state index contributed by atoms with van der Waals surface area (Å²) in [5.74, 6) is -6.24. The number of rotatable bonds is 26. The molecule has 8 N–H and O–H groups in total. The molecule has 4 aromatic heterocycles. The average Bonchev–Trinajstić information content (AvgIpc) is 1.79. The third-order valence-corrected chi connectivity index (χ3v) is 14.2. The van der Waals surface area contributed by atoms with Crippen LogP contribution in [-0.2, 0) is 37.8 Å². The summed E-state index contributed by atoms with van der Waals surface area (Å²) in [4.78, 5) is 151. The van der Waals surface area contributed by atoms with Gasteiger partial charge in [-0.1, -0.05) is 12.1 Å². The van der Waals surface area contributed by atoms with E-state index >= 15 is 0 Å². The number of benzene rings is 3. The van der Waals surface area contributed by atoms with E-state index in [1.807, 2.05) is 38.0 Å². The van der Waals surface area contributed by atoms with E-state index in [4.69, 9.17) is 0 Å². The van der Waals surface area contributed by atoms with E-state index in [1.165, 1.54) is 76.1 Å². The van der Waals surface area contributed by atoms with Crippen molar-refractivity contribution in [2.45, 2.75) is 25.7 Å². The number of imide groups is 1.